The fraction of sp³-hybridized carbons (Fsp3) is 0.550. The Bertz CT molecular complexity index is 707. The number of benzene rings is 1. The Morgan fingerprint density at radius 3 is 2.15 bits per heavy atom. The molecule has 0 bridgehead atoms. The second kappa shape index (κ2) is 8.41. The minimum Gasteiger partial charge on any atom is -0.489 e. The van der Waals surface area contributed by atoms with Crippen LogP contribution in [-0.2, 0) is 14.4 Å². The van der Waals surface area contributed by atoms with E-state index in [0.717, 1.165) is 0 Å². The fourth-order valence-corrected chi connectivity index (χ4v) is 2.92. The van der Waals surface area contributed by atoms with Crippen molar-refractivity contribution in [2.24, 2.45) is 5.41 Å². The maximum Gasteiger partial charge on any atom is 0.239 e. The normalized spacial score (nSPS) is 14.9. The van der Waals surface area contributed by atoms with Crippen LogP contribution < -0.4 is 10.1 Å². The average molecular weight is 375 g/mol. The van der Waals surface area contributed by atoms with Gasteiger partial charge in [0.25, 0.3) is 0 Å². The number of amides is 3. The molecule has 7 nitrogen and oxygen atoms in total. The number of nitrogens with zero attached hydrogens (tertiary/aromatic N) is 2. The lowest BCUT2D eigenvalue weighted by Gasteiger charge is -2.37. The number of para-hydroxylation sites is 2. The molecule has 1 aromatic carbocycles. The molecule has 1 saturated heterocycles. The molecule has 148 valence electrons. The topological polar surface area (TPSA) is 79.0 Å². The molecule has 0 saturated carbocycles. The van der Waals surface area contributed by atoms with E-state index >= 15 is 0 Å². The predicted octanol–water partition coefficient (Wildman–Crippen LogP) is 2.13. The Kier molecular flexibility index (Phi) is 6.46. The van der Waals surface area contributed by atoms with Crippen molar-refractivity contribution < 1.29 is 19.1 Å². The number of hydrogen-bond acceptors (Lipinski definition) is 4. The molecule has 1 aliphatic rings. The van der Waals surface area contributed by atoms with Gasteiger partial charge < -0.3 is 19.9 Å². The third-order valence-corrected chi connectivity index (χ3v) is 4.61. The molecule has 27 heavy (non-hydrogen) atoms. The van der Waals surface area contributed by atoms with E-state index in [1.807, 2.05) is 19.9 Å². The molecular weight excluding hydrogens is 346 g/mol. The summed E-state index contributed by atoms with van der Waals surface area (Å²) in [6, 6.07) is 7.17. The second-order valence-electron chi connectivity index (χ2n) is 7.54. The molecule has 1 aliphatic heterocycles. The van der Waals surface area contributed by atoms with Crippen LogP contribution in [0.2, 0.25) is 0 Å². The molecule has 3 amide bonds. The van der Waals surface area contributed by atoms with E-state index in [-0.39, 0.29) is 23.8 Å². The number of rotatable bonds is 5. The smallest absolute Gasteiger partial charge is 0.239 e. The highest BCUT2D eigenvalue weighted by molar-refractivity contribution is 6.10. The zero-order chi connectivity index (χ0) is 20.2. The summed E-state index contributed by atoms with van der Waals surface area (Å²) >= 11 is 0. The Hall–Kier alpha value is -2.57. The number of piperazine rings is 1. The van der Waals surface area contributed by atoms with E-state index in [1.165, 1.54) is 6.92 Å². The Morgan fingerprint density at radius 2 is 1.59 bits per heavy atom. The first-order valence-electron chi connectivity index (χ1n) is 9.25. The second-order valence-corrected chi connectivity index (χ2v) is 7.54. The Labute approximate surface area is 160 Å². The first kappa shape index (κ1) is 20.7. The average Bonchev–Trinajstić information content (AvgIpc) is 2.62. The summed E-state index contributed by atoms with van der Waals surface area (Å²) in [6.07, 6.45) is -0.0322. The third-order valence-electron chi connectivity index (χ3n) is 4.61. The number of carbonyl (C=O) groups is 3. The van der Waals surface area contributed by atoms with Crippen molar-refractivity contribution >= 4 is 23.4 Å². The summed E-state index contributed by atoms with van der Waals surface area (Å²) in [7, 11) is 0. The molecule has 1 heterocycles. The summed E-state index contributed by atoms with van der Waals surface area (Å²) < 4.78 is 5.72. The van der Waals surface area contributed by atoms with Crippen molar-refractivity contribution in [3.05, 3.63) is 24.3 Å². The van der Waals surface area contributed by atoms with E-state index < -0.39 is 5.41 Å². The number of nitrogens with one attached hydrogen (secondary N) is 1. The van der Waals surface area contributed by atoms with Crippen LogP contribution in [0.3, 0.4) is 0 Å². The van der Waals surface area contributed by atoms with Crippen molar-refractivity contribution in [2.45, 2.75) is 40.7 Å². The van der Waals surface area contributed by atoms with Crippen molar-refractivity contribution in [1.82, 2.24) is 9.80 Å². The van der Waals surface area contributed by atoms with Gasteiger partial charge in [-0.25, -0.2) is 0 Å². The molecule has 1 aromatic rings. The van der Waals surface area contributed by atoms with Gasteiger partial charge in [-0.05, 0) is 39.8 Å². The van der Waals surface area contributed by atoms with Gasteiger partial charge in [0, 0.05) is 33.1 Å². The molecule has 0 atom stereocenters. The molecule has 7 heteroatoms. The molecule has 0 aromatic heterocycles. The van der Waals surface area contributed by atoms with Gasteiger partial charge in [0.15, 0.2) is 0 Å². The molecule has 0 unspecified atom stereocenters. The molecular formula is C20H29N3O4. The molecule has 2 rings (SSSR count). The van der Waals surface area contributed by atoms with Gasteiger partial charge in [0.1, 0.15) is 11.2 Å². The van der Waals surface area contributed by atoms with Gasteiger partial charge in [0.2, 0.25) is 17.7 Å². The van der Waals surface area contributed by atoms with Gasteiger partial charge in [-0.1, -0.05) is 12.1 Å². The Balaban J connectivity index is 2.07. The SMILES string of the molecule is CC(=O)N1CCN(C(=O)C(C)(C)C(=O)Nc2ccccc2OC(C)C)CC1. The zero-order valence-electron chi connectivity index (χ0n) is 16.7. The highest BCUT2D eigenvalue weighted by atomic mass is 16.5. The highest BCUT2D eigenvalue weighted by Gasteiger charge is 2.40. The van der Waals surface area contributed by atoms with Crippen molar-refractivity contribution in [3.8, 4) is 5.75 Å². The zero-order valence-corrected chi connectivity index (χ0v) is 16.7. The number of carbonyl (C=O) groups excluding carboxylic acids is 3. The van der Waals surface area contributed by atoms with E-state index in [4.69, 9.17) is 4.74 Å². The third kappa shape index (κ3) is 4.99. The van der Waals surface area contributed by atoms with Gasteiger partial charge in [-0.15, -0.1) is 0 Å². The van der Waals surface area contributed by atoms with Crippen molar-refractivity contribution in [2.75, 3.05) is 31.5 Å². The summed E-state index contributed by atoms with van der Waals surface area (Å²) in [5, 5.41) is 2.83. The fourth-order valence-electron chi connectivity index (χ4n) is 2.92. The summed E-state index contributed by atoms with van der Waals surface area (Å²) in [5.74, 6) is -0.0632. The maximum absolute atomic E-state index is 12.9. The van der Waals surface area contributed by atoms with Crippen LogP contribution in [0.15, 0.2) is 24.3 Å². The van der Waals surface area contributed by atoms with Crippen LogP contribution in [0, 0.1) is 5.41 Å². The van der Waals surface area contributed by atoms with Gasteiger partial charge in [-0.2, -0.15) is 0 Å². The number of anilines is 1. The highest BCUT2D eigenvalue weighted by Crippen LogP contribution is 2.28. The first-order valence-corrected chi connectivity index (χ1v) is 9.25. The summed E-state index contributed by atoms with van der Waals surface area (Å²) in [4.78, 5) is 40.6. The maximum atomic E-state index is 12.9. The minimum atomic E-state index is -1.23. The molecule has 0 radical (unpaired) electrons. The van der Waals surface area contributed by atoms with Gasteiger partial charge in [-0.3, -0.25) is 14.4 Å². The lowest BCUT2D eigenvalue weighted by Crippen LogP contribution is -2.55. The van der Waals surface area contributed by atoms with Gasteiger partial charge >= 0.3 is 0 Å². The molecule has 0 spiro atoms. The molecule has 1 N–H and O–H groups in total. The number of ether oxygens (including phenoxy) is 1. The van der Waals surface area contributed by atoms with Crippen LogP contribution in [0.1, 0.15) is 34.6 Å². The lowest BCUT2D eigenvalue weighted by atomic mass is 9.89. The minimum absolute atomic E-state index is 0.000798. The molecule has 0 aliphatic carbocycles. The number of hydrogen-bond donors (Lipinski definition) is 1. The summed E-state index contributed by atoms with van der Waals surface area (Å²) in [6.45, 7) is 10.4. The quantitative estimate of drug-likeness (QED) is 0.800. The van der Waals surface area contributed by atoms with Crippen LogP contribution >= 0.6 is 0 Å². The standard InChI is InChI=1S/C20H29N3O4/c1-14(2)27-17-9-7-6-8-16(17)21-18(25)20(4,5)19(26)23-12-10-22(11-13-23)15(3)24/h6-9,14H,10-13H2,1-5H3,(H,21,25). The lowest BCUT2D eigenvalue weighted by molar-refractivity contribution is -0.149. The monoisotopic (exact) mass is 375 g/mol. The van der Waals surface area contributed by atoms with Crippen molar-refractivity contribution in [3.63, 3.8) is 0 Å². The van der Waals surface area contributed by atoms with Gasteiger partial charge in [0.05, 0.1) is 11.8 Å². The van der Waals surface area contributed by atoms with E-state index in [2.05, 4.69) is 5.32 Å². The predicted molar refractivity (Wildman–Crippen MR) is 103 cm³/mol. The first-order chi connectivity index (χ1) is 12.6. The van der Waals surface area contributed by atoms with Crippen LogP contribution in [-0.4, -0.2) is 59.8 Å². The van der Waals surface area contributed by atoms with Crippen molar-refractivity contribution in [1.29, 1.82) is 0 Å². The van der Waals surface area contributed by atoms with Crippen LogP contribution in [0.4, 0.5) is 5.69 Å². The summed E-state index contributed by atoms with van der Waals surface area (Å²) in [5.41, 5.74) is -0.693. The largest absolute Gasteiger partial charge is 0.489 e. The van der Waals surface area contributed by atoms with E-state index in [9.17, 15) is 14.4 Å². The van der Waals surface area contributed by atoms with Crippen LogP contribution in [0.25, 0.3) is 0 Å². The van der Waals surface area contributed by atoms with E-state index in [1.54, 1.807) is 41.8 Å². The van der Waals surface area contributed by atoms with E-state index in [0.29, 0.717) is 37.6 Å². The van der Waals surface area contributed by atoms with Crippen LogP contribution in [0.5, 0.6) is 5.75 Å². The Morgan fingerprint density at radius 1 is 1.04 bits per heavy atom. The molecule has 1 fully saturated rings.